The van der Waals surface area contributed by atoms with Gasteiger partial charge in [-0.1, -0.05) is 78.3 Å². The average Bonchev–Trinajstić information content (AvgIpc) is 2.87. The Balaban J connectivity index is 1.52. The number of carbonyl (C=O) groups is 2. The van der Waals surface area contributed by atoms with Crippen molar-refractivity contribution >= 4 is 23.5 Å². The van der Waals surface area contributed by atoms with E-state index in [-0.39, 0.29) is 11.5 Å². The van der Waals surface area contributed by atoms with E-state index >= 15 is 0 Å². The van der Waals surface area contributed by atoms with Crippen LogP contribution in [0.2, 0.25) is 5.02 Å². The minimum absolute atomic E-state index is 0.0408. The van der Waals surface area contributed by atoms with Crippen molar-refractivity contribution in [3.8, 4) is 11.1 Å². The molecule has 0 aromatic heterocycles. The van der Waals surface area contributed by atoms with Gasteiger partial charge in [0.2, 0.25) is 0 Å². The molecule has 0 bridgehead atoms. The zero-order chi connectivity index (χ0) is 23.9. The highest BCUT2D eigenvalue weighted by molar-refractivity contribution is 6.30. The SMILES string of the molecule is O=C(O)c1ccc(-c2ccc(CN(CCc3ccccc3)C(=O)c3ccc(Cl)cc3)cc2)cc1. The smallest absolute Gasteiger partial charge is 0.335 e. The van der Waals surface area contributed by atoms with Crippen molar-refractivity contribution < 1.29 is 14.7 Å². The van der Waals surface area contributed by atoms with Gasteiger partial charge in [-0.05, 0) is 65.1 Å². The molecule has 1 N–H and O–H groups in total. The second-order valence-electron chi connectivity index (χ2n) is 8.05. The number of nitrogens with zero attached hydrogens (tertiary/aromatic N) is 1. The van der Waals surface area contributed by atoms with Gasteiger partial charge in [0.15, 0.2) is 0 Å². The van der Waals surface area contributed by atoms with Crippen LogP contribution in [-0.4, -0.2) is 28.4 Å². The Kier molecular flexibility index (Phi) is 7.41. The van der Waals surface area contributed by atoms with Gasteiger partial charge < -0.3 is 10.0 Å². The van der Waals surface area contributed by atoms with Crippen molar-refractivity contribution in [1.82, 2.24) is 4.90 Å². The summed E-state index contributed by atoms with van der Waals surface area (Å²) in [5, 5.41) is 9.68. The van der Waals surface area contributed by atoms with Crippen LogP contribution in [0.15, 0.2) is 103 Å². The van der Waals surface area contributed by atoms with Crippen LogP contribution in [0, 0.1) is 0 Å². The number of hydrogen-bond donors (Lipinski definition) is 1. The molecule has 4 rings (SSSR count). The van der Waals surface area contributed by atoms with E-state index in [1.54, 1.807) is 48.5 Å². The minimum atomic E-state index is -0.942. The predicted octanol–water partition coefficient (Wildman–Crippen LogP) is 6.59. The van der Waals surface area contributed by atoms with Crippen LogP contribution in [0.5, 0.6) is 0 Å². The molecule has 1 amide bonds. The summed E-state index contributed by atoms with van der Waals surface area (Å²) >= 11 is 6.00. The zero-order valence-electron chi connectivity index (χ0n) is 18.5. The molecule has 0 fully saturated rings. The monoisotopic (exact) mass is 469 g/mol. The molecule has 170 valence electrons. The van der Waals surface area contributed by atoms with Crippen LogP contribution in [0.25, 0.3) is 11.1 Å². The maximum Gasteiger partial charge on any atom is 0.335 e. The Morgan fingerprint density at radius 1 is 0.676 bits per heavy atom. The summed E-state index contributed by atoms with van der Waals surface area (Å²) in [4.78, 5) is 26.2. The van der Waals surface area contributed by atoms with Crippen LogP contribution < -0.4 is 0 Å². The molecule has 0 aliphatic rings. The van der Waals surface area contributed by atoms with Gasteiger partial charge in [-0.25, -0.2) is 4.79 Å². The molecule has 0 unspecified atom stereocenters. The van der Waals surface area contributed by atoms with Crippen molar-refractivity contribution in [1.29, 1.82) is 0 Å². The normalized spacial score (nSPS) is 10.6. The van der Waals surface area contributed by atoms with Crippen molar-refractivity contribution in [2.75, 3.05) is 6.54 Å². The Labute approximate surface area is 204 Å². The number of amides is 1. The van der Waals surface area contributed by atoms with Gasteiger partial charge in [0.05, 0.1) is 5.56 Å². The van der Waals surface area contributed by atoms with Crippen LogP contribution in [0.3, 0.4) is 0 Å². The Hall–Kier alpha value is -3.89. The van der Waals surface area contributed by atoms with E-state index in [1.807, 2.05) is 47.4 Å². The minimum Gasteiger partial charge on any atom is -0.478 e. The molecule has 0 aliphatic heterocycles. The zero-order valence-corrected chi connectivity index (χ0v) is 19.3. The molecule has 0 aliphatic carbocycles. The van der Waals surface area contributed by atoms with Crippen molar-refractivity contribution in [3.63, 3.8) is 0 Å². The summed E-state index contributed by atoms with van der Waals surface area (Å²) in [6, 6.07) is 31.9. The second kappa shape index (κ2) is 10.8. The summed E-state index contributed by atoms with van der Waals surface area (Å²) in [6.45, 7) is 1.07. The second-order valence-corrected chi connectivity index (χ2v) is 8.49. The molecule has 0 saturated carbocycles. The van der Waals surface area contributed by atoms with Crippen LogP contribution in [0.4, 0.5) is 0 Å². The third kappa shape index (κ3) is 5.91. The third-order valence-corrected chi connectivity index (χ3v) is 5.94. The Bertz CT molecular complexity index is 1250. The molecule has 4 aromatic rings. The van der Waals surface area contributed by atoms with Gasteiger partial charge in [0, 0.05) is 23.7 Å². The molecule has 34 heavy (non-hydrogen) atoms. The molecule has 0 spiro atoms. The topological polar surface area (TPSA) is 57.6 Å². The third-order valence-electron chi connectivity index (χ3n) is 5.68. The van der Waals surface area contributed by atoms with E-state index < -0.39 is 5.97 Å². The number of carboxylic acids is 1. The number of benzene rings is 4. The molecule has 0 saturated heterocycles. The molecular formula is C29H24ClNO3. The predicted molar refractivity (Wildman–Crippen MR) is 135 cm³/mol. The standard InChI is InChI=1S/C29H24ClNO3/c30-27-16-14-25(15-17-27)28(32)31(19-18-21-4-2-1-3-5-21)20-22-6-8-23(9-7-22)24-10-12-26(13-11-24)29(33)34/h1-17H,18-20H2,(H,33,34). The van der Waals surface area contributed by atoms with Crippen LogP contribution in [-0.2, 0) is 13.0 Å². The lowest BCUT2D eigenvalue weighted by Gasteiger charge is -2.23. The molecule has 0 heterocycles. The summed E-state index contributed by atoms with van der Waals surface area (Å²) < 4.78 is 0. The number of carbonyl (C=O) groups excluding carboxylic acids is 1. The van der Waals surface area contributed by atoms with Gasteiger partial charge in [-0.3, -0.25) is 4.79 Å². The van der Waals surface area contributed by atoms with Crippen molar-refractivity contribution in [2.45, 2.75) is 13.0 Å². The molecular weight excluding hydrogens is 446 g/mol. The highest BCUT2D eigenvalue weighted by atomic mass is 35.5. The Morgan fingerprint density at radius 2 is 1.24 bits per heavy atom. The van der Waals surface area contributed by atoms with Gasteiger partial charge >= 0.3 is 5.97 Å². The number of halogens is 1. The number of aromatic carboxylic acids is 1. The van der Waals surface area contributed by atoms with Crippen LogP contribution >= 0.6 is 11.6 Å². The summed E-state index contributed by atoms with van der Waals surface area (Å²) in [5.74, 6) is -0.983. The fourth-order valence-electron chi connectivity index (χ4n) is 3.76. The lowest BCUT2D eigenvalue weighted by atomic mass is 10.0. The summed E-state index contributed by atoms with van der Waals surface area (Å²) in [6.07, 6.45) is 0.758. The van der Waals surface area contributed by atoms with E-state index in [4.69, 9.17) is 16.7 Å². The average molecular weight is 470 g/mol. The highest BCUT2D eigenvalue weighted by Gasteiger charge is 2.16. The Morgan fingerprint density at radius 3 is 1.82 bits per heavy atom. The first-order valence-electron chi connectivity index (χ1n) is 11.0. The fraction of sp³-hybridized carbons (Fsp3) is 0.103. The van der Waals surface area contributed by atoms with E-state index in [9.17, 15) is 9.59 Å². The van der Waals surface area contributed by atoms with E-state index in [0.29, 0.717) is 23.7 Å². The first-order chi connectivity index (χ1) is 16.5. The first kappa shape index (κ1) is 23.3. The summed E-state index contributed by atoms with van der Waals surface area (Å²) in [5.41, 5.74) is 4.98. The largest absolute Gasteiger partial charge is 0.478 e. The van der Waals surface area contributed by atoms with Gasteiger partial charge in [-0.2, -0.15) is 0 Å². The van der Waals surface area contributed by atoms with Crippen LogP contribution in [0.1, 0.15) is 31.8 Å². The van der Waals surface area contributed by atoms with E-state index in [0.717, 1.165) is 23.1 Å². The quantitative estimate of drug-likeness (QED) is 0.316. The van der Waals surface area contributed by atoms with Gasteiger partial charge in [0.1, 0.15) is 0 Å². The molecule has 4 aromatic carbocycles. The number of carboxylic acid groups (broad SMARTS) is 1. The lowest BCUT2D eigenvalue weighted by Crippen LogP contribution is -2.32. The molecule has 5 heteroatoms. The fourth-order valence-corrected chi connectivity index (χ4v) is 3.89. The molecule has 4 nitrogen and oxygen atoms in total. The van der Waals surface area contributed by atoms with Gasteiger partial charge in [-0.15, -0.1) is 0 Å². The summed E-state index contributed by atoms with van der Waals surface area (Å²) in [7, 11) is 0. The van der Waals surface area contributed by atoms with Crippen molar-refractivity contribution in [3.05, 3.63) is 130 Å². The van der Waals surface area contributed by atoms with Crippen molar-refractivity contribution in [2.24, 2.45) is 0 Å². The number of rotatable bonds is 8. The number of hydrogen-bond acceptors (Lipinski definition) is 2. The highest BCUT2D eigenvalue weighted by Crippen LogP contribution is 2.22. The maximum absolute atomic E-state index is 13.3. The molecule has 0 radical (unpaired) electrons. The van der Waals surface area contributed by atoms with E-state index in [2.05, 4.69) is 12.1 Å². The van der Waals surface area contributed by atoms with Gasteiger partial charge in [0.25, 0.3) is 5.91 Å². The maximum atomic E-state index is 13.3. The lowest BCUT2D eigenvalue weighted by molar-refractivity contribution is 0.0695. The first-order valence-corrected chi connectivity index (χ1v) is 11.4. The molecule has 0 atom stereocenters. The van der Waals surface area contributed by atoms with E-state index in [1.165, 1.54) is 5.56 Å².